The number of nitriles is 1. The van der Waals surface area contributed by atoms with Gasteiger partial charge in [0.25, 0.3) is 0 Å². The van der Waals surface area contributed by atoms with Gasteiger partial charge in [-0.1, -0.05) is 30.3 Å². The van der Waals surface area contributed by atoms with Gasteiger partial charge in [0.15, 0.2) is 0 Å². The van der Waals surface area contributed by atoms with Gasteiger partial charge in [-0.3, -0.25) is 4.90 Å². The summed E-state index contributed by atoms with van der Waals surface area (Å²) < 4.78 is 0. The second-order valence-corrected chi connectivity index (χ2v) is 7.93. The van der Waals surface area contributed by atoms with Crippen molar-refractivity contribution in [3.63, 3.8) is 0 Å². The summed E-state index contributed by atoms with van der Waals surface area (Å²) in [5.41, 5.74) is 0.300. The molecular weight excluding hydrogens is 284 g/mol. The lowest BCUT2D eigenvalue weighted by Crippen LogP contribution is -2.42. The molecule has 0 radical (unpaired) electrons. The van der Waals surface area contributed by atoms with E-state index in [1.807, 2.05) is 32.0 Å². The van der Waals surface area contributed by atoms with Gasteiger partial charge >= 0.3 is 0 Å². The molecule has 1 aliphatic heterocycles. The first kappa shape index (κ1) is 16.5. The molecule has 2 fully saturated rings. The van der Waals surface area contributed by atoms with Crippen LogP contribution in [-0.4, -0.2) is 34.7 Å². The van der Waals surface area contributed by atoms with E-state index in [0.717, 1.165) is 45.2 Å². The molecule has 1 unspecified atom stereocenters. The Labute approximate surface area is 139 Å². The minimum atomic E-state index is -0.579. The van der Waals surface area contributed by atoms with Gasteiger partial charge in [0, 0.05) is 18.5 Å². The maximum atomic E-state index is 10.2. The van der Waals surface area contributed by atoms with Gasteiger partial charge in [0.2, 0.25) is 0 Å². The lowest BCUT2D eigenvalue weighted by atomic mass is 9.69. The number of hydrogen-bond donors (Lipinski definition) is 1. The van der Waals surface area contributed by atoms with Crippen LogP contribution in [0.2, 0.25) is 0 Å². The molecule has 0 spiro atoms. The predicted molar refractivity (Wildman–Crippen MR) is 92.0 cm³/mol. The first-order valence-electron chi connectivity index (χ1n) is 8.88. The van der Waals surface area contributed by atoms with Crippen molar-refractivity contribution in [3.05, 3.63) is 35.9 Å². The summed E-state index contributed by atoms with van der Waals surface area (Å²) in [5, 5.41) is 20.0. The first-order chi connectivity index (χ1) is 10.9. The topological polar surface area (TPSA) is 47.3 Å². The van der Waals surface area contributed by atoms with E-state index in [1.165, 1.54) is 5.56 Å². The number of aliphatic hydroxyl groups is 1. The fourth-order valence-corrected chi connectivity index (χ4v) is 4.38. The van der Waals surface area contributed by atoms with Crippen LogP contribution in [0.5, 0.6) is 0 Å². The van der Waals surface area contributed by atoms with Crippen molar-refractivity contribution in [2.45, 2.75) is 63.0 Å². The summed E-state index contributed by atoms with van der Waals surface area (Å²) in [6, 6.07) is 13.5. The van der Waals surface area contributed by atoms with Crippen molar-refractivity contribution in [1.29, 1.82) is 5.26 Å². The Hall–Kier alpha value is -1.37. The van der Waals surface area contributed by atoms with Crippen LogP contribution < -0.4 is 0 Å². The molecule has 1 aromatic rings. The second-order valence-electron chi connectivity index (χ2n) is 7.93. The molecule has 3 nitrogen and oxygen atoms in total. The van der Waals surface area contributed by atoms with Crippen LogP contribution in [0, 0.1) is 17.2 Å². The molecule has 0 amide bonds. The van der Waals surface area contributed by atoms with E-state index in [9.17, 15) is 10.4 Å². The van der Waals surface area contributed by atoms with Crippen LogP contribution in [0.4, 0.5) is 0 Å². The van der Waals surface area contributed by atoms with Crippen LogP contribution in [-0.2, 0) is 5.41 Å². The highest BCUT2D eigenvalue weighted by Crippen LogP contribution is 2.41. The number of hydrogen-bond acceptors (Lipinski definition) is 3. The smallest absolute Gasteiger partial charge is 0.0823 e. The second kappa shape index (κ2) is 6.26. The number of benzene rings is 1. The molecule has 1 heterocycles. The molecule has 23 heavy (non-hydrogen) atoms. The molecule has 0 bridgehead atoms. The van der Waals surface area contributed by atoms with E-state index < -0.39 is 5.60 Å². The molecule has 1 N–H and O–H groups in total. The van der Waals surface area contributed by atoms with Gasteiger partial charge in [-0.25, -0.2) is 0 Å². The summed E-state index contributed by atoms with van der Waals surface area (Å²) in [7, 11) is 0. The molecule has 3 rings (SSSR count). The third kappa shape index (κ3) is 3.29. The van der Waals surface area contributed by atoms with E-state index >= 15 is 0 Å². The minimum Gasteiger partial charge on any atom is -0.390 e. The van der Waals surface area contributed by atoms with Crippen molar-refractivity contribution in [3.8, 4) is 6.07 Å². The van der Waals surface area contributed by atoms with E-state index in [4.69, 9.17) is 0 Å². The molecule has 1 aromatic carbocycles. The third-order valence-corrected chi connectivity index (χ3v) is 6.08. The molecule has 1 saturated carbocycles. The Bertz CT molecular complexity index is 562. The lowest BCUT2D eigenvalue weighted by molar-refractivity contribution is 0.0176. The summed E-state index contributed by atoms with van der Waals surface area (Å²) in [4.78, 5) is 2.55. The quantitative estimate of drug-likeness (QED) is 0.929. The molecule has 3 heteroatoms. The minimum absolute atomic E-state index is 0.298. The molecule has 1 saturated heterocycles. The summed E-state index contributed by atoms with van der Waals surface area (Å²) >= 11 is 0. The summed E-state index contributed by atoms with van der Waals surface area (Å²) in [6.07, 6.45) is 5.15. The highest BCUT2D eigenvalue weighted by Gasteiger charge is 2.41. The largest absolute Gasteiger partial charge is 0.390 e. The van der Waals surface area contributed by atoms with Crippen LogP contribution in [0.15, 0.2) is 30.3 Å². The van der Waals surface area contributed by atoms with Gasteiger partial charge in [-0.05, 0) is 58.1 Å². The average Bonchev–Trinajstić information content (AvgIpc) is 3.06. The van der Waals surface area contributed by atoms with Gasteiger partial charge in [0.1, 0.15) is 0 Å². The highest BCUT2D eigenvalue weighted by molar-refractivity contribution is 5.33. The predicted octanol–water partition coefficient (Wildman–Crippen LogP) is 3.48. The van der Waals surface area contributed by atoms with Crippen LogP contribution in [0.1, 0.15) is 51.5 Å². The van der Waals surface area contributed by atoms with Crippen LogP contribution in [0.3, 0.4) is 0 Å². The normalized spacial score (nSPS) is 32.6. The van der Waals surface area contributed by atoms with Crippen molar-refractivity contribution in [2.75, 3.05) is 13.1 Å². The van der Waals surface area contributed by atoms with Gasteiger partial charge < -0.3 is 5.11 Å². The maximum absolute atomic E-state index is 10.2. The zero-order chi connectivity index (χ0) is 16.5. The van der Waals surface area contributed by atoms with Gasteiger partial charge in [0.05, 0.1) is 17.1 Å². The zero-order valence-corrected chi connectivity index (χ0v) is 14.3. The van der Waals surface area contributed by atoms with Crippen LogP contribution in [0.25, 0.3) is 0 Å². The van der Waals surface area contributed by atoms with Crippen molar-refractivity contribution < 1.29 is 5.11 Å². The number of nitrogens with zero attached hydrogens (tertiary/aromatic N) is 2. The van der Waals surface area contributed by atoms with E-state index in [1.54, 1.807) is 0 Å². The SMILES string of the molecule is CC(C)(O)C1CCN(C2CCC(C#N)(c3ccccc3)CC2)C1. The fraction of sp³-hybridized carbons (Fsp3) is 0.650. The molecule has 124 valence electrons. The van der Waals surface area contributed by atoms with Crippen molar-refractivity contribution in [2.24, 2.45) is 5.92 Å². The van der Waals surface area contributed by atoms with Crippen LogP contribution >= 0.6 is 0 Å². The third-order valence-electron chi connectivity index (χ3n) is 6.08. The monoisotopic (exact) mass is 312 g/mol. The standard InChI is InChI=1S/C20H28N2O/c1-19(2,23)17-10-13-22(14-17)18-8-11-20(15-21,12-9-18)16-6-4-3-5-7-16/h3-7,17-18,23H,8-14H2,1-2H3. The molecule has 2 aliphatic rings. The Morgan fingerprint density at radius 2 is 1.83 bits per heavy atom. The summed E-state index contributed by atoms with van der Waals surface area (Å²) in [6.45, 7) is 5.94. The highest BCUT2D eigenvalue weighted by atomic mass is 16.3. The van der Waals surface area contributed by atoms with E-state index in [2.05, 4.69) is 23.1 Å². The van der Waals surface area contributed by atoms with Crippen molar-refractivity contribution in [1.82, 2.24) is 4.90 Å². The Morgan fingerprint density at radius 1 is 1.17 bits per heavy atom. The van der Waals surface area contributed by atoms with Gasteiger partial charge in [-0.2, -0.15) is 5.26 Å². The van der Waals surface area contributed by atoms with E-state index in [0.29, 0.717) is 12.0 Å². The number of rotatable bonds is 3. The molecule has 1 atom stereocenters. The van der Waals surface area contributed by atoms with Gasteiger partial charge in [-0.15, -0.1) is 0 Å². The first-order valence-corrected chi connectivity index (χ1v) is 8.88. The van der Waals surface area contributed by atoms with Crippen molar-refractivity contribution >= 4 is 0 Å². The Kier molecular flexibility index (Phi) is 4.49. The Morgan fingerprint density at radius 3 is 2.35 bits per heavy atom. The molecule has 1 aliphatic carbocycles. The maximum Gasteiger partial charge on any atom is 0.0823 e. The number of likely N-dealkylation sites (tertiary alicyclic amines) is 1. The molecule has 0 aromatic heterocycles. The Balaban J connectivity index is 1.64. The summed E-state index contributed by atoms with van der Waals surface area (Å²) in [5.74, 6) is 0.374. The fourth-order valence-electron chi connectivity index (χ4n) is 4.38. The molecular formula is C20H28N2O. The zero-order valence-electron chi connectivity index (χ0n) is 14.3. The lowest BCUT2D eigenvalue weighted by Gasteiger charge is -2.39. The van der Waals surface area contributed by atoms with E-state index in [-0.39, 0.29) is 5.41 Å². The average molecular weight is 312 g/mol.